The molecule has 5 rings (SSSR count). The van der Waals surface area contributed by atoms with Gasteiger partial charge in [-0.15, -0.1) is 0 Å². The van der Waals surface area contributed by atoms with E-state index in [4.69, 9.17) is 4.74 Å². The molecule has 1 N–H and O–H groups in total. The number of H-pyrrole nitrogens is 1. The smallest absolute Gasteiger partial charge is 0.410 e. The third kappa shape index (κ3) is 3.86. The Bertz CT molecular complexity index is 1210. The number of ether oxygens (including phenoxy) is 1. The number of benzene rings is 2. The highest BCUT2D eigenvalue weighted by atomic mass is 32.1. The molecule has 0 unspecified atom stereocenters. The van der Waals surface area contributed by atoms with Crippen molar-refractivity contribution in [3.8, 4) is 11.1 Å². The van der Waals surface area contributed by atoms with E-state index in [1.807, 2.05) is 47.8 Å². The zero-order valence-corrected chi connectivity index (χ0v) is 17.7. The summed E-state index contributed by atoms with van der Waals surface area (Å²) in [7, 11) is 0. The molecule has 3 heterocycles. The molecule has 0 radical (unpaired) electrons. The molecule has 1 saturated heterocycles. The van der Waals surface area contributed by atoms with Crippen LogP contribution in [-0.2, 0) is 11.3 Å². The van der Waals surface area contributed by atoms with Crippen LogP contribution in [0.4, 0.5) is 4.79 Å². The maximum atomic E-state index is 13.4. The molecule has 1 aliphatic heterocycles. The van der Waals surface area contributed by atoms with Crippen molar-refractivity contribution in [1.82, 2.24) is 9.88 Å². The van der Waals surface area contributed by atoms with Crippen LogP contribution in [0.2, 0.25) is 0 Å². The van der Waals surface area contributed by atoms with E-state index in [2.05, 4.69) is 22.5 Å². The second kappa shape index (κ2) is 8.40. The highest BCUT2D eigenvalue weighted by Crippen LogP contribution is 2.30. The largest absolute Gasteiger partial charge is 0.445 e. The van der Waals surface area contributed by atoms with Crippen molar-refractivity contribution < 1.29 is 14.3 Å². The first-order valence-electron chi connectivity index (χ1n) is 10.4. The summed E-state index contributed by atoms with van der Waals surface area (Å²) in [6, 6.07) is 17.2. The van der Waals surface area contributed by atoms with Gasteiger partial charge in [-0.25, -0.2) is 4.79 Å². The first-order chi connectivity index (χ1) is 15.2. The van der Waals surface area contributed by atoms with Crippen molar-refractivity contribution in [1.29, 1.82) is 0 Å². The summed E-state index contributed by atoms with van der Waals surface area (Å²) >= 11 is 1.65. The number of carbonyl (C=O) groups is 2. The first-order valence-corrected chi connectivity index (χ1v) is 11.3. The number of carbonyl (C=O) groups excluding carboxylic acids is 2. The predicted molar refractivity (Wildman–Crippen MR) is 122 cm³/mol. The summed E-state index contributed by atoms with van der Waals surface area (Å²) in [6.45, 7) is 0.737. The van der Waals surface area contributed by atoms with Crippen molar-refractivity contribution >= 4 is 34.1 Å². The van der Waals surface area contributed by atoms with Crippen molar-refractivity contribution in [2.75, 3.05) is 6.54 Å². The van der Waals surface area contributed by atoms with Crippen LogP contribution in [0.5, 0.6) is 0 Å². The number of Topliss-reactive ketones (excluding diaryl/α,β-unsaturated/α-hetero) is 1. The second-order valence-electron chi connectivity index (χ2n) is 7.73. The summed E-state index contributed by atoms with van der Waals surface area (Å²) in [5.41, 5.74) is 4.68. The van der Waals surface area contributed by atoms with E-state index >= 15 is 0 Å². The molecular weight excluding hydrogens is 408 g/mol. The summed E-state index contributed by atoms with van der Waals surface area (Å²) in [4.78, 5) is 30.9. The Labute approximate surface area is 184 Å². The lowest BCUT2D eigenvalue weighted by Crippen LogP contribution is -2.40. The Balaban J connectivity index is 1.37. The molecule has 0 aliphatic carbocycles. The van der Waals surface area contributed by atoms with E-state index in [0.717, 1.165) is 34.0 Å². The van der Waals surface area contributed by atoms with Crippen LogP contribution < -0.4 is 0 Å². The van der Waals surface area contributed by atoms with Gasteiger partial charge in [-0.05, 0) is 58.5 Å². The minimum atomic E-state index is -0.493. The summed E-state index contributed by atoms with van der Waals surface area (Å²) in [6.07, 6.45) is 2.77. The molecule has 2 aromatic carbocycles. The van der Waals surface area contributed by atoms with Gasteiger partial charge in [0.2, 0.25) is 0 Å². The molecule has 0 spiro atoms. The maximum Gasteiger partial charge on any atom is 0.410 e. The third-order valence-corrected chi connectivity index (χ3v) is 6.48. The van der Waals surface area contributed by atoms with Gasteiger partial charge < -0.3 is 9.72 Å². The number of hydrogen-bond donors (Lipinski definition) is 1. The van der Waals surface area contributed by atoms with Crippen molar-refractivity contribution in [3.05, 3.63) is 82.7 Å². The van der Waals surface area contributed by atoms with Gasteiger partial charge >= 0.3 is 6.09 Å². The van der Waals surface area contributed by atoms with E-state index < -0.39 is 12.1 Å². The van der Waals surface area contributed by atoms with Crippen LogP contribution in [0, 0.1) is 0 Å². The van der Waals surface area contributed by atoms with E-state index in [0.29, 0.717) is 18.5 Å². The van der Waals surface area contributed by atoms with E-state index in [1.165, 1.54) is 0 Å². The minimum Gasteiger partial charge on any atom is -0.445 e. The number of hydrogen-bond acceptors (Lipinski definition) is 4. The molecule has 2 aromatic heterocycles. The number of ketones is 1. The Morgan fingerprint density at radius 3 is 2.77 bits per heavy atom. The van der Waals surface area contributed by atoms with Crippen LogP contribution in [0.15, 0.2) is 71.6 Å². The van der Waals surface area contributed by atoms with Crippen LogP contribution in [0.1, 0.15) is 28.8 Å². The average molecular weight is 431 g/mol. The molecular formula is C25H22N2O3S. The van der Waals surface area contributed by atoms with Gasteiger partial charge in [0.25, 0.3) is 0 Å². The Morgan fingerprint density at radius 2 is 1.97 bits per heavy atom. The fourth-order valence-corrected chi connectivity index (χ4v) is 4.84. The summed E-state index contributed by atoms with van der Waals surface area (Å²) in [5, 5.41) is 5.02. The second-order valence-corrected chi connectivity index (χ2v) is 8.51. The van der Waals surface area contributed by atoms with Gasteiger partial charge in [-0.3, -0.25) is 9.69 Å². The van der Waals surface area contributed by atoms with Gasteiger partial charge in [0.15, 0.2) is 5.78 Å². The molecule has 5 nitrogen and oxygen atoms in total. The van der Waals surface area contributed by atoms with Gasteiger partial charge in [-0.2, -0.15) is 11.3 Å². The molecule has 156 valence electrons. The lowest BCUT2D eigenvalue weighted by atomic mass is 9.99. The maximum absolute atomic E-state index is 13.4. The minimum absolute atomic E-state index is 0.0390. The van der Waals surface area contributed by atoms with Crippen LogP contribution in [0.25, 0.3) is 22.0 Å². The Hall–Kier alpha value is -3.38. The van der Waals surface area contributed by atoms with Crippen molar-refractivity contribution in [2.24, 2.45) is 0 Å². The average Bonchev–Trinajstić information content (AvgIpc) is 3.57. The van der Waals surface area contributed by atoms with Crippen LogP contribution >= 0.6 is 11.3 Å². The number of amides is 1. The lowest BCUT2D eigenvalue weighted by molar-refractivity contribution is 0.0739. The van der Waals surface area contributed by atoms with Gasteiger partial charge in [-0.1, -0.05) is 36.4 Å². The number of aromatic nitrogens is 1. The van der Waals surface area contributed by atoms with Crippen molar-refractivity contribution in [3.63, 3.8) is 0 Å². The van der Waals surface area contributed by atoms with E-state index in [-0.39, 0.29) is 12.4 Å². The number of rotatable bonds is 5. The monoisotopic (exact) mass is 430 g/mol. The van der Waals surface area contributed by atoms with Crippen LogP contribution in [0.3, 0.4) is 0 Å². The van der Waals surface area contributed by atoms with E-state index in [9.17, 15) is 9.59 Å². The number of thiophene rings is 1. The summed E-state index contributed by atoms with van der Waals surface area (Å²) < 4.78 is 5.49. The first kappa shape index (κ1) is 19.6. The Morgan fingerprint density at radius 1 is 1.10 bits per heavy atom. The number of nitrogens with one attached hydrogen (secondary N) is 1. The number of fused-ring (bicyclic) bond motifs is 1. The topological polar surface area (TPSA) is 62.4 Å². The molecule has 4 aromatic rings. The molecule has 31 heavy (non-hydrogen) atoms. The highest BCUT2D eigenvalue weighted by molar-refractivity contribution is 7.08. The molecule has 0 bridgehead atoms. The SMILES string of the molecule is O=C(c1c[nH]c2ccc(-c3ccsc3)cc12)[C@H]1CCCN1C(=O)OCc1ccccc1. The molecule has 1 fully saturated rings. The van der Waals surface area contributed by atoms with E-state index in [1.54, 1.807) is 22.4 Å². The van der Waals surface area contributed by atoms with Crippen molar-refractivity contribution in [2.45, 2.75) is 25.5 Å². The molecule has 0 saturated carbocycles. The zero-order valence-electron chi connectivity index (χ0n) is 16.9. The molecule has 6 heteroatoms. The fraction of sp³-hybridized carbons (Fsp3) is 0.200. The quantitative estimate of drug-likeness (QED) is 0.402. The zero-order chi connectivity index (χ0) is 21.2. The van der Waals surface area contributed by atoms with Crippen LogP contribution in [-0.4, -0.2) is 34.3 Å². The number of likely N-dealkylation sites (tertiary alicyclic amines) is 1. The van der Waals surface area contributed by atoms with Gasteiger partial charge in [0.05, 0.1) is 6.04 Å². The van der Waals surface area contributed by atoms with Gasteiger partial charge in [0.1, 0.15) is 6.61 Å². The molecule has 1 amide bonds. The number of aromatic amines is 1. The normalized spacial score (nSPS) is 16.0. The van der Waals surface area contributed by atoms with Gasteiger partial charge in [0, 0.05) is 29.2 Å². The predicted octanol–water partition coefficient (Wildman–Crippen LogP) is 5.88. The highest BCUT2D eigenvalue weighted by Gasteiger charge is 2.36. The summed E-state index contributed by atoms with van der Waals surface area (Å²) in [5.74, 6) is -0.0390. The standard InChI is InChI=1S/C25H22N2O3S/c28-24(21-14-26-22-9-8-18(13-20(21)22)19-10-12-31-16-19)23-7-4-11-27(23)25(29)30-15-17-5-2-1-3-6-17/h1-3,5-6,8-10,12-14,16,23,26H,4,7,11,15H2/t23-/m1/s1. The molecule has 1 atom stereocenters. The fourth-order valence-electron chi connectivity index (χ4n) is 4.17. The Kier molecular flexibility index (Phi) is 5.30. The lowest BCUT2D eigenvalue weighted by Gasteiger charge is -2.23. The molecule has 1 aliphatic rings. The third-order valence-electron chi connectivity index (χ3n) is 5.80. The number of nitrogens with zero attached hydrogens (tertiary/aromatic N) is 1.